The third-order valence-corrected chi connectivity index (χ3v) is 4.92. The molecule has 0 bridgehead atoms. The van der Waals surface area contributed by atoms with Gasteiger partial charge in [-0.1, -0.05) is 12.1 Å². The van der Waals surface area contributed by atoms with Crippen molar-refractivity contribution in [2.75, 3.05) is 26.6 Å². The van der Waals surface area contributed by atoms with Crippen LogP contribution < -0.4 is 19.5 Å². The standard InChI is InChI=1S/C21H21N3O4/c1-26-15-6-4-5-14(10-15)24-12-22-21-20(24)16(11-19(25)23-21)13-7-8-17(27-2)18(9-13)28-3/h4-10,12,16H,11H2,1-3H3,(H,23,25)/t16-/m1/s1. The minimum atomic E-state index is -0.169. The predicted molar refractivity (Wildman–Crippen MR) is 105 cm³/mol. The number of hydrogen-bond donors (Lipinski definition) is 1. The minimum absolute atomic E-state index is 0.0665. The Bertz CT molecular complexity index is 1030. The van der Waals surface area contributed by atoms with E-state index in [0.29, 0.717) is 23.7 Å². The number of hydrogen-bond acceptors (Lipinski definition) is 5. The molecular weight excluding hydrogens is 358 g/mol. The summed E-state index contributed by atoms with van der Waals surface area (Å²) in [7, 11) is 4.83. The minimum Gasteiger partial charge on any atom is -0.497 e. The van der Waals surface area contributed by atoms with Crippen LogP contribution in [0.1, 0.15) is 23.6 Å². The van der Waals surface area contributed by atoms with Crippen molar-refractivity contribution >= 4 is 11.7 Å². The number of benzene rings is 2. The second-order valence-corrected chi connectivity index (χ2v) is 6.47. The number of ether oxygens (including phenoxy) is 3. The van der Waals surface area contributed by atoms with Gasteiger partial charge < -0.3 is 24.1 Å². The van der Waals surface area contributed by atoms with Crippen molar-refractivity contribution in [2.45, 2.75) is 12.3 Å². The number of fused-ring (bicyclic) bond motifs is 1. The zero-order chi connectivity index (χ0) is 19.7. The summed E-state index contributed by atoms with van der Waals surface area (Å²) in [5.74, 6) is 2.36. The van der Waals surface area contributed by atoms with E-state index in [0.717, 1.165) is 22.7 Å². The van der Waals surface area contributed by atoms with Gasteiger partial charge >= 0.3 is 0 Å². The van der Waals surface area contributed by atoms with E-state index >= 15 is 0 Å². The van der Waals surface area contributed by atoms with Gasteiger partial charge in [-0.05, 0) is 29.8 Å². The molecule has 1 atom stereocenters. The molecule has 28 heavy (non-hydrogen) atoms. The molecular formula is C21H21N3O4. The first-order valence-corrected chi connectivity index (χ1v) is 8.88. The van der Waals surface area contributed by atoms with Gasteiger partial charge in [-0.25, -0.2) is 4.98 Å². The Balaban J connectivity index is 1.84. The Kier molecular flexibility index (Phi) is 4.65. The lowest BCUT2D eigenvalue weighted by Crippen LogP contribution is -2.25. The molecule has 1 aliphatic heterocycles. The fraction of sp³-hybridized carbons (Fsp3) is 0.238. The quantitative estimate of drug-likeness (QED) is 0.736. The van der Waals surface area contributed by atoms with Crippen LogP contribution in [0.4, 0.5) is 5.82 Å². The maximum Gasteiger partial charge on any atom is 0.226 e. The number of aromatic nitrogens is 2. The highest BCUT2D eigenvalue weighted by Gasteiger charge is 2.32. The SMILES string of the molecule is COc1cccc(-n2cnc3c2[C@@H](c2ccc(OC)c(OC)c2)CC(=O)N3)c1. The number of methoxy groups -OCH3 is 3. The van der Waals surface area contributed by atoms with Gasteiger partial charge in [0.25, 0.3) is 0 Å². The van der Waals surface area contributed by atoms with E-state index in [-0.39, 0.29) is 11.8 Å². The number of amides is 1. The van der Waals surface area contributed by atoms with Crippen LogP contribution in [0.25, 0.3) is 5.69 Å². The van der Waals surface area contributed by atoms with Gasteiger partial charge in [-0.15, -0.1) is 0 Å². The first kappa shape index (κ1) is 17.9. The fourth-order valence-corrected chi connectivity index (χ4v) is 3.56. The molecule has 0 saturated heterocycles. The van der Waals surface area contributed by atoms with Crippen molar-refractivity contribution in [3.05, 3.63) is 60.0 Å². The maximum atomic E-state index is 12.3. The number of carbonyl (C=O) groups is 1. The molecule has 144 valence electrons. The lowest BCUT2D eigenvalue weighted by molar-refractivity contribution is -0.116. The number of carbonyl (C=O) groups excluding carboxylic acids is 1. The Morgan fingerprint density at radius 2 is 1.86 bits per heavy atom. The Morgan fingerprint density at radius 3 is 2.61 bits per heavy atom. The molecule has 4 rings (SSSR count). The summed E-state index contributed by atoms with van der Waals surface area (Å²) in [5.41, 5.74) is 2.79. The number of nitrogens with zero attached hydrogens (tertiary/aromatic N) is 2. The second-order valence-electron chi connectivity index (χ2n) is 6.47. The normalized spacial score (nSPS) is 15.5. The Labute approximate surface area is 162 Å². The number of nitrogens with one attached hydrogen (secondary N) is 1. The van der Waals surface area contributed by atoms with Crippen molar-refractivity contribution < 1.29 is 19.0 Å². The van der Waals surface area contributed by atoms with Crippen molar-refractivity contribution in [3.63, 3.8) is 0 Å². The summed E-state index contributed by atoms with van der Waals surface area (Å²) >= 11 is 0. The van der Waals surface area contributed by atoms with Crippen LogP contribution in [0.3, 0.4) is 0 Å². The summed E-state index contributed by atoms with van der Waals surface area (Å²) in [4.78, 5) is 16.7. The lowest BCUT2D eigenvalue weighted by Gasteiger charge is -2.25. The van der Waals surface area contributed by atoms with Crippen LogP contribution in [-0.4, -0.2) is 36.8 Å². The lowest BCUT2D eigenvalue weighted by atomic mass is 9.89. The average Bonchev–Trinajstić information content (AvgIpc) is 3.16. The van der Waals surface area contributed by atoms with Crippen LogP contribution in [-0.2, 0) is 4.79 Å². The van der Waals surface area contributed by atoms with Crippen LogP contribution in [0.5, 0.6) is 17.2 Å². The highest BCUT2D eigenvalue weighted by molar-refractivity contribution is 5.94. The third kappa shape index (κ3) is 3.05. The Hall–Kier alpha value is -3.48. The zero-order valence-electron chi connectivity index (χ0n) is 15.9. The molecule has 7 heteroatoms. The van der Waals surface area contributed by atoms with Crippen LogP contribution in [0.2, 0.25) is 0 Å². The van der Waals surface area contributed by atoms with Crippen molar-refractivity contribution in [2.24, 2.45) is 0 Å². The average molecular weight is 379 g/mol. The van der Waals surface area contributed by atoms with E-state index < -0.39 is 0 Å². The van der Waals surface area contributed by atoms with Gasteiger partial charge in [0, 0.05) is 18.4 Å². The van der Waals surface area contributed by atoms with Gasteiger partial charge in [0.1, 0.15) is 12.1 Å². The molecule has 1 amide bonds. The molecule has 1 aliphatic rings. The van der Waals surface area contributed by atoms with Gasteiger partial charge in [0.15, 0.2) is 17.3 Å². The Morgan fingerprint density at radius 1 is 1.04 bits per heavy atom. The van der Waals surface area contributed by atoms with E-state index in [1.54, 1.807) is 27.7 Å². The van der Waals surface area contributed by atoms with E-state index in [2.05, 4.69) is 10.3 Å². The molecule has 0 unspecified atom stereocenters. The molecule has 0 aliphatic carbocycles. The van der Waals surface area contributed by atoms with E-state index in [1.165, 1.54) is 0 Å². The summed E-state index contributed by atoms with van der Waals surface area (Å²) in [6, 6.07) is 13.4. The van der Waals surface area contributed by atoms with E-state index in [1.807, 2.05) is 47.0 Å². The molecule has 1 aromatic heterocycles. The summed E-state index contributed by atoms with van der Waals surface area (Å²) in [6.45, 7) is 0. The molecule has 0 saturated carbocycles. The van der Waals surface area contributed by atoms with Crippen molar-refractivity contribution in [3.8, 4) is 22.9 Å². The van der Waals surface area contributed by atoms with Gasteiger partial charge in [0.05, 0.1) is 32.7 Å². The predicted octanol–water partition coefficient (Wildman–Crippen LogP) is 3.37. The molecule has 2 aromatic carbocycles. The van der Waals surface area contributed by atoms with Crippen LogP contribution in [0.15, 0.2) is 48.8 Å². The monoisotopic (exact) mass is 379 g/mol. The summed E-state index contributed by atoms with van der Waals surface area (Å²) < 4.78 is 18.1. The van der Waals surface area contributed by atoms with Crippen molar-refractivity contribution in [1.82, 2.24) is 9.55 Å². The molecule has 2 heterocycles. The molecule has 3 aromatic rings. The smallest absolute Gasteiger partial charge is 0.226 e. The number of anilines is 1. The zero-order valence-corrected chi connectivity index (χ0v) is 15.9. The highest BCUT2D eigenvalue weighted by Crippen LogP contribution is 2.40. The summed E-state index contributed by atoms with van der Waals surface area (Å²) in [5, 5.41) is 2.87. The highest BCUT2D eigenvalue weighted by atomic mass is 16.5. The largest absolute Gasteiger partial charge is 0.497 e. The maximum absolute atomic E-state index is 12.3. The molecule has 0 spiro atoms. The van der Waals surface area contributed by atoms with Crippen molar-refractivity contribution in [1.29, 1.82) is 0 Å². The van der Waals surface area contributed by atoms with E-state index in [4.69, 9.17) is 14.2 Å². The molecule has 7 nitrogen and oxygen atoms in total. The fourth-order valence-electron chi connectivity index (χ4n) is 3.56. The van der Waals surface area contributed by atoms with E-state index in [9.17, 15) is 4.79 Å². The van der Waals surface area contributed by atoms with Gasteiger partial charge in [-0.2, -0.15) is 0 Å². The summed E-state index contributed by atoms with van der Waals surface area (Å²) in [6.07, 6.45) is 2.04. The number of rotatable bonds is 5. The molecule has 0 radical (unpaired) electrons. The third-order valence-electron chi connectivity index (χ3n) is 4.92. The van der Waals surface area contributed by atoms with Crippen LogP contribution >= 0.6 is 0 Å². The molecule has 0 fully saturated rings. The van der Waals surface area contributed by atoms with Gasteiger partial charge in [0.2, 0.25) is 5.91 Å². The first-order chi connectivity index (χ1) is 13.6. The topological polar surface area (TPSA) is 74.6 Å². The number of imidazole rings is 1. The molecule has 1 N–H and O–H groups in total. The first-order valence-electron chi connectivity index (χ1n) is 8.88. The van der Waals surface area contributed by atoms with Gasteiger partial charge in [-0.3, -0.25) is 4.79 Å². The second kappa shape index (κ2) is 7.26. The van der Waals surface area contributed by atoms with Crippen LogP contribution in [0, 0.1) is 0 Å².